The fraction of sp³-hybridized carbons (Fsp3) is 0.600. The standard InChI is InChI=1S/C20H30FN3O5S/c1-13(2)23-30(27,28)15-6-7-17(21)16(12-15)18(25)24-10-8-14(9-11-24)22-19(26)29-20(3,4)5/h6-7,12-14,23H,8-11H2,1-5H3,(H,22,26). The molecule has 168 valence electrons. The van der Waals surface area contributed by atoms with E-state index in [1.54, 1.807) is 34.6 Å². The number of nitrogens with zero attached hydrogens (tertiary/aromatic N) is 1. The molecule has 1 aromatic carbocycles. The normalized spacial score (nSPS) is 15.9. The largest absolute Gasteiger partial charge is 0.444 e. The number of amides is 2. The summed E-state index contributed by atoms with van der Waals surface area (Å²) in [5.41, 5.74) is -0.895. The zero-order valence-corrected chi connectivity index (χ0v) is 18.8. The van der Waals surface area contributed by atoms with Crippen LogP contribution in [0.2, 0.25) is 0 Å². The Morgan fingerprint density at radius 3 is 2.33 bits per heavy atom. The lowest BCUT2D eigenvalue weighted by atomic mass is 10.0. The molecule has 2 N–H and O–H groups in total. The molecule has 0 atom stereocenters. The van der Waals surface area contributed by atoms with Gasteiger partial charge >= 0.3 is 6.09 Å². The molecule has 1 heterocycles. The molecule has 0 spiro atoms. The van der Waals surface area contributed by atoms with E-state index < -0.39 is 33.4 Å². The summed E-state index contributed by atoms with van der Waals surface area (Å²) in [5.74, 6) is -1.36. The monoisotopic (exact) mass is 443 g/mol. The van der Waals surface area contributed by atoms with Crippen molar-refractivity contribution in [1.29, 1.82) is 0 Å². The molecule has 10 heteroatoms. The van der Waals surface area contributed by atoms with Gasteiger partial charge in [0.1, 0.15) is 11.4 Å². The Morgan fingerprint density at radius 2 is 1.80 bits per heavy atom. The molecule has 0 bridgehead atoms. The van der Waals surface area contributed by atoms with E-state index in [0.29, 0.717) is 25.9 Å². The van der Waals surface area contributed by atoms with Crippen LogP contribution in [-0.2, 0) is 14.8 Å². The van der Waals surface area contributed by atoms with Crippen molar-refractivity contribution in [3.63, 3.8) is 0 Å². The SMILES string of the molecule is CC(C)NS(=O)(=O)c1ccc(F)c(C(=O)N2CCC(NC(=O)OC(C)(C)C)CC2)c1. The van der Waals surface area contributed by atoms with Gasteiger partial charge in [-0.3, -0.25) is 4.79 Å². The van der Waals surface area contributed by atoms with E-state index in [2.05, 4.69) is 10.0 Å². The first-order chi connectivity index (χ1) is 13.8. The van der Waals surface area contributed by atoms with Crippen LogP contribution in [0.15, 0.2) is 23.1 Å². The fourth-order valence-electron chi connectivity index (χ4n) is 3.09. The summed E-state index contributed by atoms with van der Waals surface area (Å²) in [4.78, 5) is 26.0. The van der Waals surface area contributed by atoms with Gasteiger partial charge in [-0.2, -0.15) is 0 Å². The number of carbonyl (C=O) groups excluding carboxylic acids is 2. The Morgan fingerprint density at radius 1 is 1.20 bits per heavy atom. The van der Waals surface area contributed by atoms with Crippen molar-refractivity contribution < 1.29 is 27.1 Å². The van der Waals surface area contributed by atoms with Gasteiger partial charge in [-0.15, -0.1) is 0 Å². The van der Waals surface area contributed by atoms with E-state index >= 15 is 0 Å². The summed E-state index contributed by atoms with van der Waals surface area (Å²) in [6.45, 7) is 9.26. The van der Waals surface area contributed by atoms with Crippen LogP contribution in [0.25, 0.3) is 0 Å². The van der Waals surface area contributed by atoms with Crippen LogP contribution in [0, 0.1) is 5.82 Å². The van der Waals surface area contributed by atoms with Gasteiger partial charge in [0, 0.05) is 25.2 Å². The van der Waals surface area contributed by atoms with Gasteiger partial charge in [0.25, 0.3) is 5.91 Å². The molecule has 1 aliphatic rings. The zero-order chi connectivity index (χ0) is 22.7. The Balaban J connectivity index is 2.05. The lowest BCUT2D eigenvalue weighted by Crippen LogP contribution is -2.47. The second kappa shape index (κ2) is 9.30. The van der Waals surface area contributed by atoms with Crippen molar-refractivity contribution in [1.82, 2.24) is 14.9 Å². The van der Waals surface area contributed by atoms with Gasteiger partial charge in [0.05, 0.1) is 10.5 Å². The van der Waals surface area contributed by atoms with Gasteiger partial charge in [-0.25, -0.2) is 22.3 Å². The zero-order valence-electron chi connectivity index (χ0n) is 18.0. The van der Waals surface area contributed by atoms with Crippen LogP contribution in [0.3, 0.4) is 0 Å². The smallest absolute Gasteiger partial charge is 0.407 e. The molecule has 1 saturated heterocycles. The summed E-state index contributed by atoms with van der Waals surface area (Å²) >= 11 is 0. The van der Waals surface area contributed by atoms with Crippen molar-refractivity contribution in [3.8, 4) is 0 Å². The maximum Gasteiger partial charge on any atom is 0.407 e. The van der Waals surface area contributed by atoms with Crippen molar-refractivity contribution in [2.75, 3.05) is 13.1 Å². The number of piperidine rings is 1. The number of benzene rings is 1. The van der Waals surface area contributed by atoms with Crippen LogP contribution < -0.4 is 10.0 Å². The first-order valence-electron chi connectivity index (χ1n) is 9.89. The minimum Gasteiger partial charge on any atom is -0.444 e. The number of carbonyl (C=O) groups is 2. The van der Waals surface area contributed by atoms with E-state index in [-0.39, 0.29) is 22.5 Å². The number of sulfonamides is 1. The lowest BCUT2D eigenvalue weighted by molar-refractivity contribution is 0.0473. The first kappa shape index (κ1) is 24.1. The predicted octanol–water partition coefficient (Wildman–Crippen LogP) is 2.64. The summed E-state index contributed by atoms with van der Waals surface area (Å²) in [5, 5.41) is 2.77. The summed E-state index contributed by atoms with van der Waals surface area (Å²) in [7, 11) is -3.85. The third-order valence-electron chi connectivity index (χ3n) is 4.37. The van der Waals surface area contributed by atoms with Gasteiger partial charge in [0.15, 0.2) is 0 Å². The molecular weight excluding hydrogens is 413 g/mol. The first-order valence-corrected chi connectivity index (χ1v) is 11.4. The maximum absolute atomic E-state index is 14.3. The predicted molar refractivity (Wildman–Crippen MR) is 110 cm³/mol. The van der Waals surface area contributed by atoms with E-state index in [0.717, 1.165) is 18.2 Å². The van der Waals surface area contributed by atoms with Crippen LogP contribution in [-0.4, -0.2) is 56.1 Å². The molecule has 2 rings (SSSR count). The molecule has 0 radical (unpaired) electrons. The minimum absolute atomic E-state index is 0.157. The highest BCUT2D eigenvalue weighted by molar-refractivity contribution is 7.89. The number of alkyl carbamates (subject to hydrolysis) is 1. The molecule has 1 aliphatic heterocycles. The van der Waals surface area contributed by atoms with Gasteiger partial charge in [0.2, 0.25) is 10.0 Å². The van der Waals surface area contributed by atoms with E-state index in [4.69, 9.17) is 4.74 Å². The summed E-state index contributed by atoms with van der Waals surface area (Å²) < 4.78 is 46.6. The maximum atomic E-state index is 14.3. The number of hydrogen-bond acceptors (Lipinski definition) is 5. The molecule has 2 amide bonds. The number of likely N-dealkylation sites (tertiary alicyclic amines) is 1. The van der Waals surface area contributed by atoms with Crippen LogP contribution >= 0.6 is 0 Å². The third-order valence-corrected chi connectivity index (χ3v) is 6.03. The van der Waals surface area contributed by atoms with E-state index in [9.17, 15) is 22.4 Å². The highest BCUT2D eigenvalue weighted by Gasteiger charge is 2.28. The molecule has 0 aromatic heterocycles. The Kier molecular flexibility index (Phi) is 7.46. The molecule has 30 heavy (non-hydrogen) atoms. The molecular formula is C20H30FN3O5S. The molecule has 0 unspecified atom stereocenters. The molecule has 0 aliphatic carbocycles. The van der Waals surface area contributed by atoms with Crippen molar-refractivity contribution in [2.45, 2.75) is 70.0 Å². The van der Waals surface area contributed by atoms with Gasteiger partial charge in [-0.1, -0.05) is 0 Å². The van der Waals surface area contributed by atoms with Crippen LogP contribution in [0.5, 0.6) is 0 Å². The molecule has 8 nitrogen and oxygen atoms in total. The third kappa shape index (κ3) is 6.66. The average molecular weight is 444 g/mol. The number of hydrogen-bond donors (Lipinski definition) is 2. The minimum atomic E-state index is -3.85. The number of nitrogens with one attached hydrogen (secondary N) is 2. The summed E-state index contributed by atoms with van der Waals surface area (Å²) in [6, 6.07) is 2.69. The van der Waals surface area contributed by atoms with E-state index in [1.165, 1.54) is 4.90 Å². The van der Waals surface area contributed by atoms with Gasteiger partial charge in [-0.05, 0) is 65.7 Å². The van der Waals surface area contributed by atoms with Crippen LogP contribution in [0.1, 0.15) is 57.8 Å². The Bertz CT molecular complexity index is 888. The molecule has 1 aromatic rings. The topological polar surface area (TPSA) is 105 Å². The number of ether oxygens (including phenoxy) is 1. The lowest BCUT2D eigenvalue weighted by Gasteiger charge is -2.33. The van der Waals surface area contributed by atoms with Crippen molar-refractivity contribution in [3.05, 3.63) is 29.6 Å². The Hall–Kier alpha value is -2.20. The van der Waals surface area contributed by atoms with E-state index in [1.807, 2.05) is 0 Å². The second-order valence-electron chi connectivity index (χ2n) is 8.63. The number of halogens is 1. The van der Waals surface area contributed by atoms with Crippen LogP contribution in [0.4, 0.5) is 9.18 Å². The van der Waals surface area contributed by atoms with Crippen molar-refractivity contribution >= 4 is 22.0 Å². The highest BCUT2D eigenvalue weighted by atomic mass is 32.2. The summed E-state index contributed by atoms with van der Waals surface area (Å²) in [6.07, 6.45) is 0.452. The Labute approximate surface area is 177 Å². The average Bonchev–Trinajstić information content (AvgIpc) is 2.59. The fourth-order valence-corrected chi connectivity index (χ4v) is 4.36. The highest BCUT2D eigenvalue weighted by Crippen LogP contribution is 2.20. The molecule has 0 saturated carbocycles. The number of rotatable bonds is 5. The second-order valence-corrected chi connectivity index (χ2v) is 10.3. The van der Waals surface area contributed by atoms with Gasteiger partial charge < -0.3 is 15.0 Å². The van der Waals surface area contributed by atoms with Crippen molar-refractivity contribution in [2.24, 2.45) is 0 Å². The molecule has 1 fully saturated rings. The quantitative estimate of drug-likeness (QED) is 0.728.